The summed E-state index contributed by atoms with van der Waals surface area (Å²) in [7, 11) is 0. The van der Waals surface area contributed by atoms with Gasteiger partial charge in [-0.3, -0.25) is 19.7 Å². The van der Waals surface area contributed by atoms with E-state index < -0.39 is 28.9 Å². The number of nitrogens with one attached hydrogen (secondary N) is 3. The summed E-state index contributed by atoms with van der Waals surface area (Å²) in [4.78, 5) is 42.4. The van der Waals surface area contributed by atoms with E-state index in [-0.39, 0.29) is 54.1 Å². The fourth-order valence-electron chi connectivity index (χ4n) is 5.42. The van der Waals surface area contributed by atoms with Crippen LogP contribution in [0, 0.1) is 23.4 Å². The second-order valence-corrected chi connectivity index (χ2v) is 12.7. The number of carbonyl (C=O) groups excluding carboxylic acids is 3. The van der Waals surface area contributed by atoms with Gasteiger partial charge in [0.15, 0.2) is 17.0 Å². The van der Waals surface area contributed by atoms with Gasteiger partial charge in [-0.25, -0.2) is 13.2 Å². The van der Waals surface area contributed by atoms with Gasteiger partial charge in [0.25, 0.3) is 5.91 Å². The van der Waals surface area contributed by atoms with Gasteiger partial charge in [0.05, 0.1) is 6.04 Å². The SMILES string of the molecule is CC(C)[C@@H](NC1C=CC(CNC(=O)[C@@H]2SCCN2C(=O)C[C@H](N)Cc2cc(F)c(F)cc2F)=CC1)C(=O)N1CCNCC1. The van der Waals surface area contributed by atoms with Gasteiger partial charge in [0, 0.05) is 69.6 Å². The maximum atomic E-state index is 14.0. The van der Waals surface area contributed by atoms with Gasteiger partial charge in [-0.1, -0.05) is 32.1 Å². The van der Waals surface area contributed by atoms with Crippen LogP contribution in [0.15, 0.2) is 35.9 Å². The Hall–Kier alpha value is -2.87. The minimum absolute atomic E-state index is 0.00121. The molecular formula is C30H41F3N6O3S. The molecule has 0 radical (unpaired) electrons. The molecule has 0 bridgehead atoms. The summed E-state index contributed by atoms with van der Waals surface area (Å²) in [6, 6.07) is 0.0973. The van der Waals surface area contributed by atoms with E-state index in [1.807, 2.05) is 37.0 Å². The van der Waals surface area contributed by atoms with Crippen molar-refractivity contribution in [2.24, 2.45) is 11.7 Å². The number of hydrogen-bond donors (Lipinski definition) is 4. The fraction of sp³-hybridized carbons (Fsp3) is 0.567. The van der Waals surface area contributed by atoms with E-state index in [0.717, 1.165) is 24.7 Å². The van der Waals surface area contributed by atoms with Gasteiger partial charge in [-0.2, -0.15) is 0 Å². The van der Waals surface area contributed by atoms with Gasteiger partial charge < -0.3 is 26.2 Å². The second kappa shape index (κ2) is 15.2. The molecule has 9 nitrogen and oxygen atoms in total. The summed E-state index contributed by atoms with van der Waals surface area (Å²) < 4.78 is 40.7. The fourth-order valence-corrected chi connectivity index (χ4v) is 6.58. The molecule has 3 aliphatic rings. The molecule has 0 spiro atoms. The van der Waals surface area contributed by atoms with E-state index in [0.29, 0.717) is 44.4 Å². The van der Waals surface area contributed by atoms with Crippen LogP contribution in [0.3, 0.4) is 0 Å². The average molecular weight is 623 g/mol. The van der Waals surface area contributed by atoms with Crippen LogP contribution in [0.2, 0.25) is 0 Å². The van der Waals surface area contributed by atoms with Crippen molar-refractivity contribution >= 4 is 29.5 Å². The smallest absolute Gasteiger partial charge is 0.253 e. The molecule has 2 heterocycles. The number of halogens is 3. The summed E-state index contributed by atoms with van der Waals surface area (Å²) in [5, 5.41) is 8.96. The molecule has 0 saturated carbocycles. The zero-order chi connectivity index (χ0) is 31.1. The van der Waals surface area contributed by atoms with Gasteiger partial charge in [0.1, 0.15) is 5.82 Å². The summed E-state index contributed by atoms with van der Waals surface area (Å²) in [5.74, 6) is -3.22. The third-order valence-corrected chi connectivity index (χ3v) is 9.04. The van der Waals surface area contributed by atoms with Crippen molar-refractivity contribution in [3.63, 3.8) is 0 Å². The molecule has 2 saturated heterocycles. The molecule has 2 fully saturated rings. The van der Waals surface area contributed by atoms with Crippen LogP contribution < -0.4 is 21.7 Å². The number of amides is 3. The van der Waals surface area contributed by atoms with Crippen molar-refractivity contribution < 1.29 is 27.6 Å². The average Bonchev–Trinajstić information content (AvgIpc) is 3.48. The molecule has 1 aromatic carbocycles. The molecule has 1 unspecified atom stereocenters. The van der Waals surface area contributed by atoms with Gasteiger partial charge >= 0.3 is 0 Å². The Morgan fingerprint density at radius 3 is 2.49 bits per heavy atom. The molecular weight excluding hydrogens is 581 g/mol. The van der Waals surface area contributed by atoms with Crippen LogP contribution in [0.4, 0.5) is 13.2 Å². The molecule has 236 valence electrons. The Morgan fingerprint density at radius 2 is 1.81 bits per heavy atom. The second-order valence-electron chi connectivity index (χ2n) is 11.5. The molecule has 2 aliphatic heterocycles. The third-order valence-electron chi connectivity index (χ3n) is 7.84. The first kappa shape index (κ1) is 33.0. The molecule has 5 N–H and O–H groups in total. The minimum Gasteiger partial charge on any atom is -0.349 e. The number of thioether (sulfide) groups is 1. The lowest BCUT2D eigenvalue weighted by molar-refractivity contribution is -0.136. The lowest BCUT2D eigenvalue weighted by Gasteiger charge is -2.34. The zero-order valence-corrected chi connectivity index (χ0v) is 25.4. The summed E-state index contributed by atoms with van der Waals surface area (Å²) >= 11 is 1.35. The largest absolute Gasteiger partial charge is 0.349 e. The van der Waals surface area contributed by atoms with Crippen molar-refractivity contribution in [2.75, 3.05) is 45.0 Å². The first-order valence-electron chi connectivity index (χ1n) is 14.7. The van der Waals surface area contributed by atoms with Crippen LogP contribution in [0.25, 0.3) is 0 Å². The minimum atomic E-state index is -1.29. The zero-order valence-electron chi connectivity index (χ0n) is 24.6. The van der Waals surface area contributed by atoms with E-state index in [9.17, 15) is 27.6 Å². The first-order chi connectivity index (χ1) is 20.5. The molecule has 1 aliphatic carbocycles. The lowest BCUT2D eigenvalue weighted by atomic mass is 9.97. The maximum Gasteiger partial charge on any atom is 0.253 e. The maximum absolute atomic E-state index is 14.0. The predicted molar refractivity (Wildman–Crippen MR) is 160 cm³/mol. The van der Waals surface area contributed by atoms with Crippen LogP contribution in [-0.2, 0) is 20.8 Å². The van der Waals surface area contributed by atoms with Crippen molar-refractivity contribution in [3.05, 3.63) is 58.9 Å². The Kier molecular flexibility index (Phi) is 11.7. The highest BCUT2D eigenvalue weighted by atomic mass is 32.2. The first-order valence-corrected chi connectivity index (χ1v) is 15.8. The monoisotopic (exact) mass is 622 g/mol. The normalized spacial score (nSPS) is 22.0. The Labute approximate surface area is 254 Å². The highest BCUT2D eigenvalue weighted by molar-refractivity contribution is 8.00. The number of benzene rings is 1. The molecule has 4 atom stereocenters. The topological polar surface area (TPSA) is 120 Å². The van der Waals surface area contributed by atoms with Crippen LogP contribution in [-0.4, -0.2) is 96.0 Å². The quantitative estimate of drug-likeness (QED) is 0.278. The van der Waals surface area contributed by atoms with Crippen molar-refractivity contribution in [2.45, 2.75) is 56.6 Å². The van der Waals surface area contributed by atoms with E-state index in [1.165, 1.54) is 16.7 Å². The van der Waals surface area contributed by atoms with Gasteiger partial charge in [0.2, 0.25) is 11.8 Å². The number of hydrogen-bond acceptors (Lipinski definition) is 7. The van der Waals surface area contributed by atoms with E-state index in [2.05, 4.69) is 16.0 Å². The van der Waals surface area contributed by atoms with E-state index in [1.54, 1.807) is 0 Å². The summed E-state index contributed by atoms with van der Waals surface area (Å²) in [6.07, 6.45) is 6.35. The van der Waals surface area contributed by atoms with Crippen LogP contribution in [0.5, 0.6) is 0 Å². The number of rotatable bonds is 11. The predicted octanol–water partition coefficient (Wildman–Crippen LogP) is 1.68. The Bertz CT molecular complexity index is 1240. The number of nitrogens with two attached hydrogens (primary N) is 1. The Morgan fingerprint density at radius 1 is 1.09 bits per heavy atom. The summed E-state index contributed by atoms with van der Waals surface area (Å²) in [6.45, 7) is 7.76. The third kappa shape index (κ3) is 8.84. The molecule has 1 aromatic rings. The summed E-state index contributed by atoms with van der Waals surface area (Å²) in [5.41, 5.74) is 6.86. The van der Waals surface area contributed by atoms with Crippen molar-refractivity contribution in [1.82, 2.24) is 25.8 Å². The lowest BCUT2D eigenvalue weighted by Crippen LogP contribution is -2.56. The number of carbonyl (C=O) groups is 3. The standard InChI is InChI=1S/C30H41F3N6O3S/c1-18(2)27(29(42)38-9-7-35-8-10-38)37-22-5-3-19(4-6-22)17-36-28(41)30-39(11-12-43-30)26(40)15-21(34)13-20-14-24(32)25(33)16-23(20)31/h3-5,14,16,18,21-22,27,30,35,37H,6-13,15,17,34H2,1-2H3,(H,36,41)/t21-,22?,27-,30+/m1/s1. The molecule has 4 rings (SSSR count). The molecule has 3 amide bonds. The highest BCUT2D eigenvalue weighted by Gasteiger charge is 2.35. The van der Waals surface area contributed by atoms with Gasteiger partial charge in [-0.15, -0.1) is 11.8 Å². The molecule has 13 heteroatoms. The van der Waals surface area contributed by atoms with E-state index >= 15 is 0 Å². The van der Waals surface area contributed by atoms with Crippen molar-refractivity contribution in [3.8, 4) is 0 Å². The van der Waals surface area contributed by atoms with Gasteiger partial charge in [-0.05, 0) is 36.0 Å². The number of nitrogens with zero attached hydrogens (tertiary/aromatic N) is 2. The molecule has 0 aromatic heterocycles. The number of piperazine rings is 1. The highest BCUT2D eigenvalue weighted by Crippen LogP contribution is 2.26. The van der Waals surface area contributed by atoms with E-state index in [4.69, 9.17) is 5.73 Å². The molecule has 43 heavy (non-hydrogen) atoms. The Balaban J connectivity index is 1.24. The van der Waals surface area contributed by atoms with Crippen molar-refractivity contribution in [1.29, 1.82) is 0 Å². The van der Waals surface area contributed by atoms with Crippen LogP contribution in [0.1, 0.15) is 32.3 Å². The van der Waals surface area contributed by atoms with Crippen LogP contribution >= 0.6 is 11.8 Å².